The van der Waals surface area contributed by atoms with Crippen molar-refractivity contribution in [1.29, 1.82) is 5.26 Å². The summed E-state index contributed by atoms with van der Waals surface area (Å²) in [5.74, 6) is 1.09. The largest absolute Gasteiger partial charge is 0.441 e. The smallest absolute Gasteiger partial charge is 0.216 e. The van der Waals surface area contributed by atoms with E-state index in [0.29, 0.717) is 5.76 Å². The lowest BCUT2D eigenvalue weighted by atomic mass is 10.1. The minimum atomic E-state index is -3.84. The van der Waals surface area contributed by atoms with Gasteiger partial charge in [0.05, 0.1) is 4.90 Å². The second kappa shape index (κ2) is 6.93. The van der Waals surface area contributed by atoms with E-state index in [-0.39, 0.29) is 9.80 Å². The van der Waals surface area contributed by atoms with Crippen LogP contribution in [0.5, 0.6) is 0 Å². The van der Waals surface area contributed by atoms with Crippen LogP contribution in [0.2, 0.25) is 0 Å². The molecule has 2 heterocycles. The van der Waals surface area contributed by atoms with Crippen molar-refractivity contribution in [2.24, 2.45) is 0 Å². The average Bonchev–Trinajstić information content (AvgIpc) is 3.10. The van der Waals surface area contributed by atoms with Gasteiger partial charge in [-0.3, -0.25) is 0 Å². The molecule has 0 spiro atoms. The molecule has 0 amide bonds. The van der Waals surface area contributed by atoms with E-state index in [2.05, 4.69) is 4.90 Å². The highest BCUT2D eigenvalue weighted by atomic mass is 32.2. The fourth-order valence-corrected chi connectivity index (χ4v) is 3.89. The summed E-state index contributed by atoms with van der Waals surface area (Å²) in [6, 6.07) is 13.2. The van der Waals surface area contributed by atoms with Crippen molar-refractivity contribution in [3.63, 3.8) is 0 Å². The molecule has 0 atom stereocenters. The van der Waals surface area contributed by atoms with Gasteiger partial charge in [-0.05, 0) is 37.5 Å². The molecule has 1 saturated heterocycles. The summed E-state index contributed by atoms with van der Waals surface area (Å²) in [6.07, 6.45) is 4.75. The van der Waals surface area contributed by atoms with Crippen molar-refractivity contribution < 1.29 is 12.8 Å². The fraction of sp³-hybridized carbons (Fsp3) is 0.278. The molecule has 5 nitrogen and oxygen atoms in total. The number of anilines is 1. The average molecular weight is 342 g/mol. The quantitative estimate of drug-likeness (QED) is 0.794. The van der Waals surface area contributed by atoms with Gasteiger partial charge in [-0.15, -0.1) is 0 Å². The van der Waals surface area contributed by atoms with Crippen LogP contribution in [0.3, 0.4) is 0 Å². The van der Waals surface area contributed by atoms with Crippen LogP contribution in [-0.2, 0) is 9.84 Å². The van der Waals surface area contributed by atoms with Crippen LogP contribution in [0.15, 0.2) is 56.7 Å². The van der Waals surface area contributed by atoms with Crippen LogP contribution < -0.4 is 4.90 Å². The van der Waals surface area contributed by atoms with Crippen LogP contribution in [0.25, 0.3) is 6.08 Å². The minimum absolute atomic E-state index is 0.0978. The number of benzene rings is 1. The lowest BCUT2D eigenvalue weighted by Crippen LogP contribution is -2.28. The SMILES string of the molecule is N#C/C(=C/c1ccc(N2CCCCC2)o1)S(=O)(=O)c1ccccc1. The van der Waals surface area contributed by atoms with Crippen LogP contribution in [0.1, 0.15) is 25.0 Å². The Morgan fingerprint density at radius 2 is 1.79 bits per heavy atom. The number of allylic oxidation sites excluding steroid dienone is 1. The molecule has 6 heteroatoms. The molecule has 0 aliphatic carbocycles. The van der Waals surface area contributed by atoms with Crippen molar-refractivity contribution in [3.8, 4) is 6.07 Å². The van der Waals surface area contributed by atoms with E-state index in [9.17, 15) is 13.7 Å². The third-order valence-electron chi connectivity index (χ3n) is 4.01. The highest BCUT2D eigenvalue weighted by molar-refractivity contribution is 7.95. The summed E-state index contributed by atoms with van der Waals surface area (Å²) in [5.41, 5.74) is 0. The maximum absolute atomic E-state index is 12.5. The van der Waals surface area contributed by atoms with E-state index in [1.165, 1.54) is 24.6 Å². The zero-order valence-corrected chi connectivity index (χ0v) is 14.0. The number of furan rings is 1. The van der Waals surface area contributed by atoms with Crippen LogP contribution in [0, 0.1) is 11.3 Å². The zero-order chi connectivity index (χ0) is 17.0. The Balaban J connectivity index is 1.89. The highest BCUT2D eigenvalue weighted by Crippen LogP contribution is 2.26. The molecule has 0 bridgehead atoms. The number of nitriles is 1. The van der Waals surface area contributed by atoms with E-state index >= 15 is 0 Å². The maximum atomic E-state index is 12.5. The second-order valence-electron chi connectivity index (χ2n) is 5.66. The molecule has 0 N–H and O–H groups in total. The van der Waals surface area contributed by atoms with Crippen molar-refractivity contribution >= 4 is 21.8 Å². The third-order valence-corrected chi connectivity index (χ3v) is 5.69. The van der Waals surface area contributed by atoms with Crippen molar-refractivity contribution in [2.45, 2.75) is 24.2 Å². The Morgan fingerprint density at radius 3 is 2.46 bits per heavy atom. The molecule has 0 radical (unpaired) electrons. The van der Waals surface area contributed by atoms with Gasteiger partial charge in [-0.2, -0.15) is 5.26 Å². The Bertz CT molecular complexity index is 870. The van der Waals surface area contributed by atoms with Crippen LogP contribution >= 0.6 is 0 Å². The van der Waals surface area contributed by atoms with Crippen molar-refractivity contribution in [1.82, 2.24) is 0 Å². The summed E-state index contributed by atoms with van der Waals surface area (Å²) in [6.45, 7) is 1.87. The van der Waals surface area contributed by atoms with E-state index in [1.54, 1.807) is 30.3 Å². The number of piperidine rings is 1. The summed E-state index contributed by atoms with van der Waals surface area (Å²) >= 11 is 0. The number of rotatable bonds is 4. The molecular formula is C18H18N2O3S. The van der Waals surface area contributed by atoms with Gasteiger partial charge in [-0.25, -0.2) is 8.42 Å². The van der Waals surface area contributed by atoms with Gasteiger partial charge in [-0.1, -0.05) is 18.2 Å². The van der Waals surface area contributed by atoms with E-state index < -0.39 is 9.84 Å². The number of sulfone groups is 1. The normalized spacial score (nSPS) is 16.0. The maximum Gasteiger partial charge on any atom is 0.216 e. The molecular weight excluding hydrogens is 324 g/mol. The van der Waals surface area contributed by atoms with Gasteiger partial charge in [0.1, 0.15) is 11.8 Å². The van der Waals surface area contributed by atoms with E-state index in [0.717, 1.165) is 31.8 Å². The Labute approximate surface area is 141 Å². The molecule has 1 fully saturated rings. The number of nitrogens with zero attached hydrogens (tertiary/aromatic N) is 2. The topological polar surface area (TPSA) is 74.3 Å². The second-order valence-corrected chi connectivity index (χ2v) is 7.58. The van der Waals surface area contributed by atoms with Gasteiger partial charge >= 0.3 is 0 Å². The summed E-state index contributed by atoms with van der Waals surface area (Å²) < 4.78 is 30.8. The van der Waals surface area contributed by atoms with Crippen molar-refractivity contribution in [3.05, 3.63) is 53.1 Å². The van der Waals surface area contributed by atoms with Gasteiger partial charge in [0, 0.05) is 25.2 Å². The first kappa shape index (κ1) is 16.3. The van der Waals surface area contributed by atoms with Crippen LogP contribution in [0.4, 0.5) is 5.88 Å². The molecule has 1 aliphatic heterocycles. The standard InChI is InChI=1S/C18H18N2O3S/c19-14-17(24(21,22)16-7-3-1-4-8-16)13-15-9-10-18(23-15)20-11-5-2-6-12-20/h1,3-4,7-10,13H,2,5-6,11-12H2/b17-13-. The molecule has 0 saturated carbocycles. The highest BCUT2D eigenvalue weighted by Gasteiger charge is 2.21. The van der Waals surface area contributed by atoms with E-state index in [1.807, 2.05) is 6.07 Å². The molecule has 1 aromatic carbocycles. The first-order chi connectivity index (χ1) is 11.6. The first-order valence-electron chi connectivity index (χ1n) is 7.88. The van der Waals surface area contributed by atoms with Gasteiger partial charge in [0.2, 0.25) is 9.84 Å². The molecule has 24 heavy (non-hydrogen) atoms. The number of hydrogen-bond donors (Lipinski definition) is 0. The predicted octanol–water partition coefficient (Wildman–Crippen LogP) is 3.61. The molecule has 3 rings (SSSR count). The van der Waals surface area contributed by atoms with Gasteiger partial charge < -0.3 is 9.32 Å². The van der Waals surface area contributed by atoms with E-state index in [4.69, 9.17) is 4.42 Å². The monoisotopic (exact) mass is 342 g/mol. The van der Waals surface area contributed by atoms with Crippen molar-refractivity contribution in [2.75, 3.05) is 18.0 Å². The number of hydrogen-bond acceptors (Lipinski definition) is 5. The first-order valence-corrected chi connectivity index (χ1v) is 9.36. The van der Waals surface area contributed by atoms with Gasteiger partial charge in [0.25, 0.3) is 0 Å². The Kier molecular flexibility index (Phi) is 4.72. The zero-order valence-electron chi connectivity index (χ0n) is 13.2. The Hall–Kier alpha value is -2.52. The lowest BCUT2D eigenvalue weighted by molar-refractivity contribution is 0.496. The molecule has 124 valence electrons. The summed E-state index contributed by atoms with van der Waals surface area (Å²) in [7, 11) is -3.84. The molecule has 1 aliphatic rings. The third kappa shape index (κ3) is 3.36. The summed E-state index contributed by atoms with van der Waals surface area (Å²) in [5, 5.41) is 9.29. The molecule has 0 unspecified atom stereocenters. The minimum Gasteiger partial charge on any atom is -0.441 e. The predicted molar refractivity (Wildman–Crippen MR) is 92.0 cm³/mol. The van der Waals surface area contributed by atoms with Crippen LogP contribution in [-0.4, -0.2) is 21.5 Å². The Morgan fingerprint density at radius 1 is 1.08 bits per heavy atom. The fourth-order valence-electron chi connectivity index (χ4n) is 2.73. The van der Waals surface area contributed by atoms with Gasteiger partial charge in [0.15, 0.2) is 10.8 Å². The lowest BCUT2D eigenvalue weighted by Gasteiger charge is -2.25. The molecule has 1 aromatic heterocycles. The molecule has 2 aromatic rings. The summed E-state index contributed by atoms with van der Waals surface area (Å²) in [4.78, 5) is 1.91.